The zero-order valence-electron chi connectivity index (χ0n) is 10.9. The Morgan fingerprint density at radius 1 is 1.32 bits per heavy atom. The Hall–Kier alpha value is -1.72. The van der Waals surface area contributed by atoms with Crippen LogP contribution in [0.4, 0.5) is 0 Å². The van der Waals surface area contributed by atoms with Crippen LogP contribution < -0.4 is 5.56 Å². The van der Waals surface area contributed by atoms with Gasteiger partial charge in [-0.05, 0) is 19.1 Å². The Bertz CT molecular complexity index is 632. The number of aromatic amines is 1. The van der Waals surface area contributed by atoms with Crippen LogP contribution >= 0.6 is 0 Å². The first-order valence-electron chi connectivity index (χ1n) is 6.56. The summed E-state index contributed by atoms with van der Waals surface area (Å²) in [5.41, 5.74) is 0.682. The molecule has 0 radical (unpaired) electrons. The molecule has 5 nitrogen and oxygen atoms in total. The van der Waals surface area contributed by atoms with Crippen LogP contribution in [0.2, 0.25) is 0 Å². The van der Waals surface area contributed by atoms with Crippen molar-refractivity contribution in [2.75, 3.05) is 26.3 Å². The fourth-order valence-electron chi connectivity index (χ4n) is 2.44. The molecule has 100 valence electrons. The van der Waals surface area contributed by atoms with Crippen LogP contribution in [0.3, 0.4) is 0 Å². The molecule has 1 fully saturated rings. The van der Waals surface area contributed by atoms with Crippen LogP contribution in [0.5, 0.6) is 0 Å². The third kappa shape index (κ3) is 2.39. The van der Waals surface area contributed by atoms with Crippen molar-refractivity contribution < 1.29 is 4.74 Å². The topological polar surface area (TPSA) is 58.2 Å². The first-order chi connectivity index (χ1) is 9.25. The Morgan fingerprint density at radius 3 is 2.84 bits per heavy atom. The van der Waals surface area contributed by atoms with E-state index in [1.54, 1.807) is 6.07 Å². The molecule has 19 heavy (non-hydrogen) atoms. The number of H-pyrrole nitrogens is 1. The molecule has 1 unspecified atom stereocenters. The quantitative estimate of drug-likeness (QED) is 0.883. The van der Waals surface area contributed by atoms with Crippen molar-refractivity contribution in [1.82, 2.24) is 14.9 Å². The minimum atomic E-state index is -0.0688. The average molecular weight is 259 g/mol. The molecule has 5 heteroatoms. The zero-order chi connectivity index (χ0) is 13.2. The fourth-order valence-corrected chi connectivity index (χ4v) is 2.44. The monoisotopic (exact) mass is 259 g/mol. The van der Waals surface area contributed by atoms with Gasteiger partial charge in [-0.3, -0.25) is 9.69 Å². The minimum absolute atomic E-state index is 0.0688. The van der Waals surface area contributed by atoms with Crippen molar-refractivity contribution in [2.45, 2.75) is 13.0 Å². The summed E-state index contributed by atoms with van der Waals surface area (Å²) in [7, 11) is 0. The smallest absolute Gasteiger partial charge is 0.258 e. The Morgan fingerprint density at radius 2 is 2.05 bits per heavy atom. The lowest BCUT2D eigenvalue weighted by molar-refractivity contribution is 0.0182. The standard InChI is InChI=1S/C14H17N3O2/c1-10(17-6-8-19-9-7-17)13-15-12-5-3-2-4-11(12)14(18)16-13/h2-5,10H,6-9H2,1H3,(H,15,16,18). The summed E-state index contributed by atoms with van der Waals surface area (Å²) in [6, 6.07) is 7.52. The van der Waals surface area contributed by atoms with Crippen molar-refractivity contribution in [3.8, 4) is 0 Å². The van der Waals surface area contributed by atoms with Crippen LogP contribution in [-0.4, -0.2) is 41.2 Å². The van der Waals surface area contributed by atoms with Crippen molar-refractivity contribution in [3.63, 3.8) is 0 Å². The van der Waals surface area contributed by atoms with E-state index in [-0.39, 0.29) is 11.6 Å². The molecule has 0 amide bonds. The second-order valence-electron chi connectivity index (χ2n) is 4.79. The third-order valence-electron chi connectivity index (χ3n) is 3.62. The fraction of sp³-hybridized carbons (Fsp3) is 0.429. The average Bonchev–Trinajstić information content (AvgIpc) is 2.47. The predicted molar refractivity (Wildman–Crippen MR) is 73.2 cm³/mol. The number of aromatic nitrogens is 2. The maximum atomic E-state index is 12.0. The summed E-state index contributed by atoms with van der Waals surface area (Å²) in [6.45, 7) is 5.29. The van der Waals surface area contributed by atoms with Crippen LogP contribution in [0.1, 0.15) is 18.8 Å². The number of rotatable bonds is 2. The zero-order valence-corrected chi connectivity index (χ0v) is 10.9. The lowest BCUT2D eigenvalue weighted by atomic mass is 10.2. The van der Waals surface area contributed by atoms with Crippen molar-refractivity contribution in [1.29, 1.82) is 0 Å². The molecule has 1 saturated heterocycles. The molecular weight excluding hydrogens is 242 g/mol. The van der Waals surface area contributed by atoms with Gasteiger partial charge in [0.1, 0.15) is 5.82 Å². The summed E-state index contributed by atoms with van der Waals surface area (Å²) >= 11 is 0. The number of hydrogen-bond acceptors (Lipinski definition) is 4. The number of fused-ring (bicyclic) bond motifs is 1. The number of ether oxygens (including phenoxy) is 1. The van der Waals surface area contributed by atoms with E-state index in [1.807, 2.05) is 18.2 Å². The molecule has 1 aromatic carbocycles. The van der Waals surface area contributed by atoms with Gasteiger partial charge in [0.15, 0.2) is 0 Å². The van der Waals surface area contributed by atoms with Crippen LogP contribution in [0.15, 0.2) is 29.1 Å². The van der Waals surface area contributed by atoms with E-state index in [1.165, 1.54) is 0 Å². The van der Waals surface area contributed by atoms with E-state index >= 15 is 0 Å². The summed E-state index contributed by atoms with van der Waals surface area (Å²) in [4.78, 5) is 21.8. The van der Waals surface area contributed by atoms with Crippen molar-refractivity contribution >= 4 is 10.9 Å². The van der Waals surface area contributed by atoms with Gasteiger partial charge in [0, 0.05) is 13.1 Å². The van der Waals surface area contributed by atoms with Gasteiger partial charge >= 0.3 is 0 Å². The third-order valence-corrected chi connectivity index (χ3v) is 3.62. The van der Waals surface area contributed by atoms with Gasteiger partial charge in [0.2, 0.25) is 0 Å². The molecule has 1 aliphatic rings. The molecule has 0 spiro atoms. The molecule has 2 heterocycles. The van der Waals surface area contributed by atoms with E-state index in [0.717, 1.165) is 37.6 Å². The molecule has 2 aromatic rings. The number of para-hydroxylation sites is 1. The lowest BCUT2D eigenvalue weighted by Crippen LogP contribution is -2.39. The molecule has 1 N–H and O–H groups in total. The van der Waals surface area contributed by atoms with E-state index in [2.05, 4.69) is 21.8 Å². The maximum absolute atomic E-state index is 12.0. The summed E-state index contributed by atoms with van der Waals surface area (Å²) in [6.07, 6.45) is 0. The lowest BCUT2D eigenvalue weighted by Gasteiger charge is -2.31. The number of nitrogens with zero attached hydrogens (tertiary/aromatic N) is 2. The van der Waals surface area contributed by atoms with E-state index in [0.29, 0.717) is 5.39 Å². The van der Waals surface area contributed by atoms with Crippen molar-refractivity contribution in [2.24, 2.45) is 0 Å². The Kier molecular flexibility index (Phi) is 3.31. The molecule has 1 aromatic heterocycles. The van der Waals surface area contributed by atoms with Gasteiger partial charge < -0.3 is 9.72 Å². The number of nitrogens with one attached hydrogen (secondary N) is 1. The molecule has 0 aliphatic carbocycles. The molecular formula is C14H17N3O2. The number of benzene rings is 1. The maximum Gasteiger partial charge on any atom is 0.258 e. The summed E-state index contributed by atoms with van der Waals surface area (Å²) in [5.74, 6) is 0.727. The highest BCUT2D eigenvalue weighted by atomic mass is 16.5. The summed E-state index contributed by atoms with van der Waals surface area (Å²) in [5, 5.41) is 0.639. The predicted octanol–water partition coefficient (Wildman–Crippen LogP) is 1.32. The van der Waals surface area contributed by atoms with Gasteiger partial charge in [0.05, 0.1) is 30.2 Å². The highest BCUT2D eigenvalue weighted by Crippen LogP contribution is 2.18. The van der Waals surface area contributed by atoms with Gasteiger partial charge in [-0.1, -0.05) is 12.1 Å². The summed E-state index contributed by atoms with van der Waals surface area (Å²) < 4.78 is 5.35. The molecule has 1 aliphatic heterocycles. The number of morpholine rings is 1. The van der Waals surface area contributed by atoms with Gasteiger partial charge in [-0.2, -0.15) is 0 Å². The molecule has 3 rings (SSSR count). The molecule has 1 atom stereocenters. The van der Waals surface area contributed by atoms with Crippen LogP contribution in [0.25, 0.3) is 10.9 Å². The first kappa shape index (κ1) is 12.3. The second-order valence-corrected chi connectivity index (χ2v) is 4.79. The van der Waals surface area contributed by atoms with Gasteiger partial charge in [-0.15, -0.1) is 0 Å². The van der Waals surface area contributed by atoms with Gasteiger partial charge in [0.25, 0.3) is 5.56 Å². The van der Waals surface area contributed by atoms with Crippen LogP contribution in [0, 0.1) is 0 Å². The van der Waals surface area contributed by atoms with E-state index in [9.17, 15) is 4.79 Å². The Balaban J connectivity index is 1.98. The van der Waals surface area contributed by atoms with E-state index < -0.39 is 0 Å². The molecule has 0 saturated carbocycles. The highest BCUT2D eigenvalue weighted by Gasteiger charge is 2.20. The minimum Gasteiger partial charge on any atom is -0.379 e. The first-order valence-corrected chi connectivity index (χ1v) is 6.56. The van der Waals surface area contributed by atoms with Gasteiger partial charge in [-0.25, -0.2) is 4.98 Å². The normalized spacial score (nSPS) is 18.6. The van der Waals surface area contributed by atoms with Crippen molar-refractivity contribution in [3.05, 3.63) is 40.4 Å². The van der Waals surface area contributed by atoms with E-state index in [4.69, 9.17) is 4.74 Å². The second kappa shape index (κ2) is 5.11. The van der Waals surface area contributed by atoms with Crippen LogP contribution in [-0.2, 0) is 4.74 Å². The molecule has 0 bridgehead atoms. The SMILES string of the molecule is CC(c1nc2ccccc2c(=O)[nH]1)N1CCOCC1. The Labute approximate surface area is 111 Å². The largest absolute Gasteiger partial charge is 0.379 e. The number of hydrogen-bond donors (Lipinski definition) is 1. The highest BCUT2D eigenvalue weighted by molar-refractivity contribution is 5.77.